The molecular weight excluding hydrogens is 497 g/mol. The molecule has 0 aliphatic heterocycles. The summed E-state index contributed by atoms with van der Waals surface area (Å²) < 4.78 is 57.9. The van der Waals surface area contributed by atoms with E-state index in [0.717, 1.165) is 28.8 Å². The zero-order valence-electron chi connectivity index (χ0n) is 20.7. The third-order valence-electron chi connectivity index (χ3n) is 5.78. The molecule has 0 aliphatic carbocycles. The van der Waals surface area contributed by atoms with Crippen molar-refractivity contribution in [2.75, 3.05) is 0 Å². The first kappa shape index (κ1) is 26.6. The Labute approximate surface area is 218 Å². The molecule has 4 aromatic carbocycles. The second kappa shape index (κ2) is 11.3. The Morgan fingerprint density at radius 2 is 1.42 bits per heavy atom. The van der Waals surface area contributed by atoms with Gasteiger partial charge in [-0.25, -0.2) is 0 Å². The first-order valence-electron chi connectivity index (χ1n) is 11.8. The predicted molar refractivity (Wildman–Crippen MR) is 136 cm³/mol. The summed E-state index contributed by atoms with van der Waals surface area (Å²) in [5.41, 5.74) is 1.72. The van der Waals surface area contributed by atoms with Crippen LogP contribution in [-0.2, 0) is 17.4 Å². The zero-order chi connectivity index (χ0) is 27.3. The smallest absolute Gasteiger partial charge is 0.416 e. The van der Waals surface area contributed by atoms with E-state index >= 15 is 0 Å². The van der Waals surface area contributed by atoms with Crippen LogP contribution in [0.15, 0.2) is 84.9 Å². The van der Waals surface area contributed by atoms with Crippen molar-refractivity contribution >= 4 is 5.97 Å². The summed E-state index contributed by atoms with van der Waals surface area (Å²) in [6.45, 7) is 3.68. The number of carboxylic acid groups (broad SMARTS) is 1. The van der Waals surface area contributed by atoms with E-state index in [1.165, 1.54) is 6.07 Å². The van der Waals surface area contributed by atoms with Gasteiger partial charge in [-0.1, -0.05) is 30.3 Å². The summed E-state index contributed by atoms with van der Waals surface area (Å²) in [4.78, 5) is 10.8. The Bertz CT molecular complexity index is 1450. The Hall–Kier alpha value is -4.46. The van der Waals surface area contributed by atoms with Gasteiger partial charge in [0.1, 0.15) is 23.0 Å². The van der Waals surface area contributed by atoms with E-state index in [9.17, 15) is 18.0 Å². The van der Waals surface area contributed by atoms with Crippen molar-refractivity contribution in [2.45, 2.75) is 32.9 Å². The van der Waals surface area contributed by atoms with E-state index in [4.69, 9.17) is 19.3 Å². The molecule has 4 aromatic rings. The van der Waals surface area contributed by atoms with Crippen LogP contribution in [-0.4, -0.2) is 11.1 Å². The number of ether oxygens (including phenoxy) is 3. The van der Waals surface area contributed by atoms with Gasteiger partial charge < -0.3 is 19.3 Å². The van der Waals surface area contributed by atoms with Crippen LogP contribution in [0.2, 0.25) is 0 Å². The molecule has 5 nitrogen and oxygen atoms in total. The van der Waals surface area contributed by atoms with Gasteiger partial charge in [-0.15, -0.1) is 0 Å². The highest BCUT2D eigenvalue weighted by atomic mass is 19.4. The van der Waals surface area contributed by atoms with Crippen LogP contribution in [0.3, 0.4) is 0 Å². The van der Waals surface area contributed by atoms with Crippen molar-refractivity contribution in [1.82, 2.24) is 0 Å². The number of benzene rings is 4. The molecule has 0 unspecified atom stereocenters. The molecule has 0 amide bonds. The second-order valence-electron chi connectivity index (χ2n) is 8.69. The van der Waals surface area contributed by atoms with E-state index in [0.29, 0.717) is 29.4 Å². The summed E-state index contributed by atoms with van der Waals surface area (Å²) in [7, 11) is 0. The normalized spacial score (nSPS) is 11.2. The van der Waals surface area contributed by atoms with Crippen LogP contribution in [0, 0.1) is 13.8 Å². The minimum Gasteiger partial charge on any atom is -0.481 e. The number of rotatable bonds is 9. The lowest BCUT2D eigenvalue weighted by Gasteiger charge is -2.16. The zero-order valence-corrected chi connectivity index (χ0v) is 20.7. The SMILES string of the molecule is Cc1cc(Oc2cccc(Oc3ccc(C(F)(F)F)cc3Oc3ccccc3C)c2)ccc1CCC(=O)O. The number of carboxylic acids is 1. The number of halogens is 3. The van der Waals surface area contributed by atoms with E-state index in [2.05, 4.69) is 0 Å². The molecule has 38 heavy (non-hydrogen) atoms. The second-order valence-corrected chi connectivity index (χ2v) is 8.69. The Kier molecular flexibility index (Phi) is 7.90. The van der Waals surface area contributed by atoms with E-state index < -0.39 is 17.7 Å². The van der Waals surface area contributed by atoms with Crippen LogP contribution < -0.4 is 14.2 Å². The summed E-state index contributed by atoms with van der Waals surface area (Å²) >= 11 is 0. The van der Waals surface area contributed by atoms with Gasteiger partial charge in [0, 0.05) is 12.5 Å². The highest BCUT2D eigenvalue weighted by Crippen LogP contribution is 2.41. The van der Waals surface area contributed by atoms with Gasteiger partial charge in [-0.2, -0.15) is 13.2 Å². The lowest BCUT2D eigenvalue weighted by Crippen LogP contribution is -2.05. The summed E-state index contributed by atoms with van der Waals surface area (Å²) in [5.74, 6) is 0.931. The molecule has 0 atom stereocenters. The molecule has 0 fully saturated rings. The molecule has 0 heterocycles. The molecule has 0 aromatic heterocycles. The van der Waals surface area contributed by atoms with Crippen LogP contribution in [0.4, 0.5) is 13.2 Å². The number of aryl methyl sites for hydroxylation is 3. The van der Waals surface area contributed by atoms with Gasteiger partial charge in [0.05, 0.1) is 5.56 Å². The van der Waals surface area contributed by atoms with Gasteiger partial charge in [-0.3, -0.25) is 4.79 Å². The number of hydrogen-bond acceptors (Lipinski definition) is 4. The van der Waals surface area contributed by atoms with Crippen molar-refractivity contribution in [3.8, 4) is 34.5 Å². The van der Waals surface area contributed by atoms with Crippen LogP contribution in [0.25, 0.3) is 0 Å². The standard InChI is InChI=1S/C30H25F3O5/c1-19-6-3-4-9-26(19)38-28-17-22(30(31,32)33)12-14-27(28)37-24-8-5-7-23(18-24)36-25-13-10-21(20(2)16-25)11-15-29(34)35/h3-10,12-14,16-18H,11,15H2,1-2H3,(H,34,35). The Balaban J connectivity index is 1.56. The van der Waals surface area contributed by atoms with Crippen molar-refractivity contribution in [3.63, 3.8) is 0 Å². The van der Waals surface area contributed by atoms with Gasteiger partial charge >= 0.3 is 12.1 Å². The fraction of sp³-hybridized carbons (Fsp3) is 0.167. The minimum absolute atomic E-state index is 0.0416. The van der Waals surface area contributed by atoms with Gasteiger partial charge in [0.2, 0.25) is 0 Å². The lowest BCUT2D eigenvalue weighted by molar-refractivity contribution is -0.138. The maximum absolute atomic E-state index is 13.4. The molecule has 4 rings (SSSR count). The fourth-order valence-electron chi connectivity index (χ4n) is 3.76. The topological polar surface area (TPSA) is 65.0 Å². The number of aliphatic carboxylic acids is 1. The van der Waals surface area contributed by atoms with E-state index in [1.807, 2.05) is 25.1 Å². The van der Waals surface area contributed by atoms with E-state index in [-0.39, 0.29) is 17.9 Å². The number of para-hydroxylation sites is 1. The summed E-state index contributed by atoms with van der Waals surface area (Å²) in [6.07, 6.45) is -4.08. The fourth-order valence-corrected chi connectivity index (χ4v) is 3.76. The summed E-state index contributed by atoms with van der Waals surface area (Å²) in [6, 6.07) is 22.2. The van der Waals surface area contributed by atoms with Gasteiger partial charge in [0.15, 0.2) is 11.5 Å². The molecule has 8 heteroatoms. The molecule has 0 saturated heterocycles. The molecule has 0 saturated carbocycles. The number of hydrogen-bond donors (Lipinski definition) is 1. The number of carbonyl (C=O) groups is 1. The van der Waals surface area contributed by atoms with Crippen molar-refractivity contribution in [2.24, 2.45) is 0 Å². The monoisotopic (exact) mass is 522 g/mol. The highest BCUT2D eigenvalue weighted by Gasteiger charge is 2.31. The third kappa shape index (κ3) is 6.85. The maximum Gasteiger partial charge on any atom is 0.416 e. The number of alkyl halides is 3. The molecule has 0 radical (unpaired) electrons. The molecular formula is C30H25F3O5. The van der Waals surface area contributed by atoms with Crippen LogP contribution in [0.5, 0.6) is 34.5 Å². The average molecular weight is 523 g/mol. The van der Waals surface area contributed by atoms with Crippen LogP contribution >= 0.6 is 0 Å². The average Bonchev–Trinajstić information content (AvgIpc) is 2.85. The molecule has 0 bridgehead atoms. The third-order valence-corrected chi connectivity index (χ3v) is 5.78. The largest absolute Gasteiger partial charge is 0.481 e. The van der Waals surface area contributed by atoms with E-state index in [1.54, 1.807) is 55.5 Å². The first-order valence-corrected chi connectivity index (χ1v) is 11.8. The van der Waals surface area contributed by atoms with Crippen molar-refractivity contribution < 1.29 is 37.3 Å². The minimum atomic E-state index is -4.54. The predicted octanol–water partition coefficient (Wildman–Crippen LogP) is 8.72. The van der Waals surface area contributed by atoms with Gasteiger partial charge in [0.25, 0.3) is 0 Å². The maximum atomic E-state index is 13.4. The molecule has 196 valence electrons. The van der Waals surface area contributed by atoms with Crippen molar-refractivity contribution in [3.05, 3.63) is 107 Å². The molecule has 0 spiro atoms. The molecule has 0 aliphatic rings. The molecule has 1 N–H and O–H groups in total. The Morgan fingerprint density at radius 1 is 0.711 bits per heavy atom. The highest BCUT2D eigenvalue weighted by molar-refractivity contribution is 5.67. The Morgan fingerprint density at radius 3 is 2.11 bits per heavy atom. The van der Waals surface area contributed by atoms with Crippen molar-refractivity contribution in [1.29, 1.82) is 0 Å². The lowest BCUT2D eigenvalue weighted by atomic mass is 10.0. The first-order chi connectivity index (χ1) is 18.1. The van der Waals surface area contributed by atoms with Crippen LogP contribution in [0.1, 0.15) is 28.7 Å². The van der Waals surface area contributed by atoms with Gasteiger partial charge in [-0.05, 0) is 85.5 Å². The summed E-state index contributed by atoms with van der Waals surface area (Å²) in [5, 5.41) is 8.90. The quantitative estimate of drug-likeness (QED) is 0.238.